The number of hydrogen-bond donors (Lipinski definition) is 1. The zero-order valence-electron chi connectivity index (χ0n) is 13.3. The molecule has 1 aromatic heterocycles. The van der Waals surface area contributed by atoms with Gasteiger partial charge in [-0.25, -0.2) is 0 Å². The summed E-state index contributed by atoms with van der Waals surface area (Å²) >= 11 is 1.74. The number of morpholine rings is 1. The van der Waals surface area contributed by atoms with Crippen LogP contribution in [0.5, 0.6) is 0 Å². The molecule has 1 aliphatic heterocycles. The summed E-state index contributed by atoms with van der Waals surface area (Å²) in [4.78, 5) is 16.2. The first kappa shape index (κ1) is 16.2. The van der Waals surface area contributed by atoms with Gasteiger partial charge in [-0.15, -0.1) is 11.3 Å². The molecular weight excluding hydrogens is 308 g/mol. The highest BCUT2D eigenvalue weighted by Crippen LogP contribution is 2.29. The standard InChI is InChI=1S/C18H22N2O2S/c1-14(19-18(21)15-6-3-2-4-7-15)17(16-8-5-13-23-16)20-9-11-22-12-10-20/h2-8,13-14,17H,9-12H2,1H3,(H,19,21)/t14-,17-/m0/s1. The van der Waals surface area contributed by atoms with Gasteiger partial charge in [0.1, 0.15) is 0 Å². The highest BCUT2D eigenvalue weighted by Gasteiger charge is 2.29. The number of nitrogens with zero attached hydrogens (tertiary/aromatic N) is 1. The zero-order chi connectivity index (χ0) is 16.1. The molecule has 1 aromatic carbocycles. The molecule has 1 saturated heterocycles. The van der Waals surface area contributed by atoms with Crippen molar-refractivity contribution in [3.63, 3.8) is 0 Å². The second-order valence-corrected chi connectivity index (χ2v) is 6.72. The van der Waals surface area contributed by atoms with E-state index in [1.165, 1.54) is 4.88 Å². The van der Waals surface area contributed by atoms with Crippen LogP contribution in [0.4, 0.5) is 0 Å². The summed E-state index contributed by atoms with van der Waals surface area (Å²) in [5.41, 5.74) is 0.700. The Bertz CT molecular complexity index is 609. The Balaban J connectivity index is 1.75. The molecule has 0 unspecified atom stereocenters. The van der Waals surface area contributed by atoms with Crippen molar-refractivity contribution in [3.8, 4) is 0 Å². The number of nitrogens with one attached hydrogen (secondary N) is 1. The van der Waals surface area contributed by atoms with Crippen LogP contribution in [0.1, 0.15) is 28.2 Å². The van der Waals surface area contributed by atoms with Crippen molar-refractivity contribution in [1.82, 2.24) is 10.2 Å². The fourth-order valence-electron chi connectivity index (χ4n) is 3.02. The van der Waals surface area contributed by atoms with E-state index in [-0.39, 0.29) is 18.0 Å². The van der Waals surface area contributed by atoms with E-state index in [0.29, 0.717) is 5.56 Å². The largest absolute Gasteiger partial charge is 0.379 e. The van der Waals surface area contributed by atoms with Crippen LogP contribution in [0.3, 0.4) is 0 Å². The summed E-state index contributed by atoms with van der Waals surface area (Å²) in [6, 6.07) is 13.8. The van der Waals surface area contributed by atoms with Gasteiger partial charge in [0, 0.05) is 29.6 Å². The van der Waals surface area contributed by atoms with Crippen LogP contribution in [0.25, 0.3) is 0 Å². The zero-order valence-corrected chi connectivity index (χ0v) is 14.1. The van der Waals surface area contributed by atoms with Crippen LogP contribution >= 0.6 is 11.3 Å². The van der Waals surface area contributed by atoms with Gasteiger partial charge in [-0.05, 0) is 30.5 Å². The lowest BCUT2D eigenvalue weighted by Crippen LogP contribution is -2.48. The Morgan fingerprint density at radius 2 is 1.91 bits per heavy atom. The van der Waals surface area contributed by atoms with Crippen molar-refractivity contribution < 1.29 is 9.53 Å². The molecule has 122 valence electrons. The van der Waals surface area contributed by atoms with Crippen LogP contribution in [0.2, 0.25) is 0 Å². The van der Waals surface area contributed by atoms with E-state index >= 15 is 0 Å². The number of thiophene rings is 1. The monoisotopic (exact) mass is 330 g/mol. The SMILES string of the molecule is C[C@H](NC(=O)c1ccccc1)[C@@H](c1cccs1)N1CCOCC1. The first-order valence-corrected chi connectivity index (χ1v) is 8.85. The maximum absolute atomic E-state index is 12.5. The van der Waals surface area contributed by atoms with Gasteiger partial charge in [0.15, 0.2) is 0 Å². The van der Waals surface area contributed by atoms with Gasteiger partial charge in [-0.1, -0.05) is 24.3 Å². The van der Waals surface area contributed by atoms with Crippen molar-refractivity contribution in [2.45, 2.75) is 19.0 Å². The molecule has 3 rings (SSSR count). The summed E-state index contributed by atoms with van der Waals surface area (Å²) in [5.74, 6) is -0.0204. The van der Waals surface area contributed by atoms with Crippen molar-refractivity contribution >= 4 is 17.2 Å². The molecule has 0 radical (unpaired) electrons. The van der Waals surface area contributed by atoms with E-state index < -0.39 is 0 Å². The Labute approximate surface area is 141 Å². The first-order chi connectivity index (χ1) is 11.3. The fraction of sp³-hybridized carbons (Fsp3) is 0.389. The van der Waals surface area contributed by atoms with Gasteiger partial charge < -0.3 is 10.1 Å². The summed E-state index contributed by atoms with van der Waals surface area (Å²) in [6.07, 6.45) is 0. The average molecular weight is 330 g/mol. The topological polar surface area (TPSA) is 41.6 Å². The third-order valence-corrected chi connectivity index (χ3v) is 5.09. The summed E-state index contributed by atoms with van der Waals surface area (Å²) < 4.78 is 5.47. The minimum absolute atomic E-state index is 0.0204. The Morgan fingerprint density at radius 1 is 1.17 bits per heavy atom. The lowest BCUT2D eigenvalue weighted by atomic mass is 10.0. The molecule has 0 saturated carbocycles. The molecule has 1 N–H and O–H groups in total. The van der Waals surface area contributed by atoms with E-state index in [4.69, 9.17) is 4.74 Å². The molecule has 0 aliphatic carbocycles. The highest BCUT2D eigenvalue weighted by molar-refractivity contribution is 7.10. The molecule has 0 bridgehead atoms. The van der Waals surface area contributed by atoms with Gasteiger partial charge in [-0.3, -0.25) is 9.69 Å². The van der Waals surface area contributed by atoms with Crippen LogP contribution in [0.15, 0.2) is 47.8 Å². The molecule has 4 nitrogen and oxygen atoms in total. The van der Waals surface area contributed by atoms with E-state index in [0.717, 1.165) is 26.3 Å². The van der Waals surface area contributed by atoms with Crippen molar-refractivity contribution in [1.29, 1.82) is 0 Å². The van der Waals surface area contributed by atoms with E-state index in [2.05, 4.69) is 34.7 Å². The molecule has 2 atom stereocenters. The second kappa shape index (κ2) is 7.73. The Morgan fingerprint density at radius 3 is 2.57 bits per heavy atom. The third kappa shape index (κ3) is 3.99. The van der Waals surface area contributed by atoms with Crippen LogP contribution < -0.4 is 5.32 Å². The van der Waals surface area contributed by atoms with Crippen LogP contribution in [0, 0.1) is 0 Å². The van der Waals surface area contributed by atoms with Gasteiger partial charge in [0.2, 0.25) is 0 Å². The Kier molecular flexibility index (Phi) is 5.43. The molecule has 23 heavy (non-hydrogen) atoms. The summed E-state index contributed by atoms with van der Waals surface area (Å²) in [5, 5.41) is 5.26. The second-order valence-electron chi connectivity index (χ2n) is 5.74. The maximum atomic E-state index is 12.5. The van der Waals surface area contributed by atoms with Crippen molar-refractivity contribution in [3.05, 3.63) is 58.3 Å². The smallest absolute Gasteiger partial charge is 0.251 e. The van der Waals surface area contributed by atoms with Crippen molar-refractivity contribution in [2.75, 3.05) is 26.3 Å². The highest BCUT2D eigenvalue weighted by atomic mass is 32.1. The Hall–Kier alpha value is -1.69. The quantitative estimate of drug-likeness (QED) is 0.916. The number of benzene rings is 1. The lowest BCUT2D eigenvalue weighted by Gasteiger charge is -2.37. The lowest BCUT2D eigenvalue weighted by molar-refractivity contribution is 0.00969. The maximum Gasteiger partial charge on any atom is 0.251 e. The van der Waals surface area contributed by atoms with E-state index in [1.807, 2.05) is 30.3 Å². The normalized spacial score (nSPS) is 18.3. The molecule has 1 fully saturated rings. The predicted octanol–water partition coefficient (Wildman–Crippen LogP) is 2.94. The van der Waals surface area contributed by atoms with Gasteiger partial charge in [0.25, 0.3) is 5.91 Å². The summed E-state index contributed by atoms with van der Waals surface area (Å²) in [6.45, 7) is 5.38. The molecule has 0 spiro atoms. The minimum atomic E-state index is -0.0204. The van der Waals surface area contributed by atoms with Gasteiger partial charge in [-0.2, -0.15) is 0 Å². The number of carbonyl (C=O) groups excluding carboxylic acids is 1. The average Bonchev–Trinajstić information content (AvgIpc) is 3.11. The van der Waals surface area contributed by atoms with Crippen LogP contribution in [-0.4, -0.2) is 43.2 Å². The number of carbonyl (C=O) groups is 1. The molecule has 2 heterocycles. The number of rotatable bonds is 5. The molecule has 1 amide bonds. The summed E-state index contributed by atoms with van der Waals surface area (Å²) in [7, 11) is 0. The molecule has 2 aromatic rings. The van der Waals surface area contributed by atoms with Gasteiger partial charge in [0.05, 0.1) is 19.3 Å². The van der Waals surface area contributed by atoms with Crippen molar-refractivity contribution in [2.24, 2.45) is 0 Å². The molecular formula is C18H22N2O2S. The van der Waals surface area contributed by atoms with E-state index in [1.54, 1.807) is 11.3 Å². The molecule has 1 aliphatic rings. The van der Waals surface area contributed by atoms with E-state index in [9.17, 15) is 4.79 Å². The minimum Gasteiger partial charge on any atom is -0.379 e. The van der Waals surface area contributed by atoms with Crippen LogP contribution in [-0.2, 0) is 4.74 Å². The number of ether oxygens (including phenoxy) is 1. The first-order valence-electron chi connectivity index (χ1n) is 7.97. The molecule has 5 heteroatoms. The fourth-order valence-corrected chi connectivity index (χ4v) is 3.98. The number of hydrogen-bond acceptors (Lipinski definition) is 4. The third-order valence-electron chi connectivity index (χ3n) is 4.14. The predicted molar refractivity (Wildman–Crippen MR) is 92.8 cm³/mol. The van der Waals surface area contributed by atoms with Gasteiger partial charge >= 0.3 is 0 Å². The number of amides is 1.